The Morgan fingerprint density at radius 1 is 1.14 bits per heavy atom. The van der Waals surface area contributed by atoms with Gasteiger partial charge in [-0.25, -0.2) is 9.37 Å². The molecular formula is C36H41FN6O5S. The summed E-state index contributed by atoms with van der Waals surface area (Å²) in [5.74, 6) is -0.333. The van der Waals surface area contributed by atoms with Crippen LogP contribution in [0.5, 0.6) is 5.75 Å². The normalized spacial score (nSPS) is 17.3. The average Bonchev–Trinajstić information content (AvgIpc) is 3.63. The molecule has 5 aromatic rings. The zero-order chi connectivity index (χ0) is 34.3. The van der Waals surface area contributed by atoms with Gasteiger partial charge in [0.2, 0.25) is 0 Å². The van der Waals surface area contributed by atoms with Crippen LogP contribution in [0.4, 0.5) is 4.39 Å². The first-order chi connectivity index (χ1) is 23.6. The summed E-state index contributed by atoms with van der Waals surface area (Å²) >= 11 is 0.953. The van der Waals surface area contributed by atoms with E-state index in [9.17, 15) is 24.2 Å². The van der Waals surface area contributed by atoms with Crippen LogP contribution in [0.1, 0.15) is 57.4 Å². The van der Waals surface area contributed by atoms with Gasteiger partial charge in [0.1, 0.15) is 28.4 Å². The number of nitrogens with one attached hydrogen (secondary N) is 2. The van der Waals surface area contributed by atoms with Crippen LogP contribution in [-0.4, -0.2) is 91.8 Å². The van der Waals surface area contributed by atoms with Gasteiger partial charge in [-0.05, 0) is 80.6 Å². The Hall–Kier alpha value is -4.14. The van der Waals surface area contributed by atoms with Crippen LogP contribution in [0, 0.1) is 19.7 Å². The number of hydrogen-bond donors (Lipinski definition) is 4. The number of benzene rings is 2. The molecule has 7 rings (SSSR count). The number of aromatic nitrogens is 3. The standard InChI is InChI=1S/C36H41FN6O5S/c1-22-3-6-30-39-23(2)32(43(30)19-22)34(46)42-13-14-48-36(21-42)8-11-41(12-9-36)20-25-15-24(16-26(37)17-25)7-10-38-18-29(45)27-4-5-28(44)31-33(27)49-35(47)40-31/h3-6,15-17,19,29,38,44-45H,7-14,18,20-21H2,1-2H3,(H,40,47)/t29-/m0/s1. The second-order valence-electron chi connectivity index (χ2n) is 13.3. The van der Waals surface area contributed by atoms with Crippen molar-refractivity contribution < 1.29 is 24.1 Å². The summed E-state index contributed by atoms with van der Waals surface area (Å²) < 4.78 is 23.5. The topological polar surface area (TPSA) is 135 Å². The number of carbonyl (C=O) groups excluding carboxylic acids is 1. The molecule has 1 spiro atoms. The summed E-state index contributed by atoms with van der Waals surface area (Å²) in [6.45, 7) is 8.40. The van der Waals surface area contributed by atoms with Gasteiger partial charge in [0.15, 0.2) is 0 Å². The molecule has 0 bridgehead atoms. The van der Waals surface area contributed by atoms with E-state index >= 15 is 0 Å². The zero-order valence-corrected chi connectivity index (χ0v) is 28.5. The van der Waals surface area contributed by atoms with Gasteiger partial charge in [-0.3, -0.25) is 18.9 Å². The Bertz CT molecular complexity index is 2070. The Morgan fingerprint density at radius 2 is 1.94 bits per heavy atom. The van der Waals surface area contributed by atoms with E-state index in [1.807, 2.05) is 47.5 Å². The Morgan fingerprint density at radius 3 is 2.76 bits per heavy atom. The molecule has 2 aliphatic rings. The van der Waals surface area contributed by atoms with Crippen molar-refractivity contribution in [1.82, 2.24) is 29.5 Å². The lowest BCUT2D eigenvalue weighted by Crippen LogP contribution is -2.58. The highest BCUT2D eigenvalue weighted by atomic mass is 32.1. The lowest BCUT2D eigenvalue weighted by molar-refractivity contribution is -0.128. The molecule has 13 heteroatoms. The smallest absolute Gasteiger partial charge is 0.305 e. The van der Waals surface area contributed by atoms with Crippen molar-refractivity contribution in [1.29, 1.82) is 0 Å². The van der Waals surface area contributed by atoms with E-state index in [1.54, 1.807) is 18.2 Å². The fourth-order valence-corrected chi connectivity index (χ4v) is 8.13. The minimum absolute atomic E-state index is 0.0198. The number of aliphatic hydroxyl groups excluding tert-OH is 1. The number of aryl methyl sites for hydroxylation is 2. The molecule has 0 saturated carbocycles. The van der Waals surface area contributed by atoms with Crippen molar-refractivity contribution >= 4 is 33.1 Å². The number of rotatable bonds is 9. The van der Waals surface area contributed by atoms with Gasteiger partial charge in [-0.2, -0.15) is 0 Å². The highest BCUT2D eigenvalue weighted by molar-refractivity contribution is 7.16. The predicted molar refractivity (Wildman–Crippen MR) is 186 cm³/mol. The van der Waals surface area contributed by atoms with Crippen LogP contribution in [0.25, 0.3) is 15.9 Å². The van der Waals surface area contributed by atoms with Gasteiger partial charge in [0.05, 0.1) is 35.3 Å². The number of phenolic OH excluding ortho intramolecular Hbond substituents is 1. The van der Waals surface area contributed by atoms with Crippen LogP contribution < -0.4 is 10.2 Å². The first-order valence-electron chi connectivity index (χ1n) is 16.7. The van der Waals surface area contributed by atoms with E-state index in [2.05, 4.69) is 20.2 Å². The van der Waals surface area contributed by atoms with Crippen molar-refractivity contribution in [3.8, 4) is 5.75 Å². The van der Waals surface area contributed by atoms with Crippen LogP contribution >= 0.6 is 11.3 Å². The minimum atomic E-state index is -0.877. The number of pyridine rings is 1. The zero-order valence-electron chi connectivity index (χ0n) is 27.7. The van der Waals surface area contributed by atoms with Crippen LogP contribution in [0.15, 0.2) is 53.5 Å². The summed E-state index contributed by atoms with van der Waals surface area (Å²) in [4.78, 5) is 36.7. The first kappa shape index (κ1) is 33.4. The maximum atomic E-state index is 14.7. The third-order valence-corrected chi connectivity index (χ3v) is 10.7. The number of H-pyrrole nitrogens is 1. The lowest BCUT2D eigenvalue weighted by Gasteiger charge is -2.47. The maximum Gasteiger partial charge on any atom is 0.305 e. The van der Waals surface area contributed by atoms with Gasteiger partial charge in [0.25, 0.3) is 5.91 Å². The molecule has 49 heavy (non-hydrogen) atoms. The number of hydrogen-bond acceptors (Lipinski definition) is 9. The van der Waals surface area contributed by atoms with Crippen molar-refractivity contribution in [3.63, 3.8) is 0 Å². The number of fused-ring (bicyclic) bond motifs is 2. The molecule has 2 aliphatic heterocycles. The Labute approximate surface area is 287 Å². The number of aromatic hydroxyl groups is 1. The molecule has 11 nitrogen and oxygen atoms in total. The quantitative estimate of drug-likeness (QED) is 0.170. The van der Waals surface area contributed by atoms with Crippen molar-refractivity contribution in [2.45, 2.75) is 51.4 Å². The number of piperidine rings is 1. The summed E-state index contributed by atoms with van der Waals surface area (Å²) in [5, 5.41) is 24.0. The molecule has 2 saturated heterocycles. The highest BCUT2D eigenvalue weighted by Crippen LogP contribution is 2.33. The van der Waals surface area contributed by atoms with E-state index in [0.717, 1.165) is 65.3 Å². The third kappa shape index (κ3) is 6.99. The molecule has 2 aromatic carbocycles. The van der Waals surface area contributed by atoms with Crippen molar-refractivity contribution in [2.24, 2.45) is 0 Å². The fourth-order valence-electron chi connectivity index (χ4n) is 7.21. The molecular weight excluding hydrogens is 647 g/mol. The maximum absolute atomic E-state index is 14.7. The van der Waals surface area contributed by atoms with Gasteiger partial charge in [-0.1, -0.05) is 29.5 Å². The number of aliphatic hydroxyl groups is 1. The predicted octanol–water partition coefficient (Wildman–Crippen LogP) is 4.07. The second kappa shape index (κ2) is 13.6. The van der Waals surface area contributed by atoms with Gasteiger partial charge >= 0.3 is 4.87 Å². The van der Waals surface area contributed by atoms with E-state index in [4.69, 9.17) is 4.74 Å². The number of carbonyl (C=O) groups is 1. The number of aromatic amines is 1. The fraction of sp³-hybridized carbons (Fsp3) is 0.417. The van der Waals surface area contributed by atoms with E-state index in [0.29, 0.717) is 60.7 Å². The number of phenols is 1. The van der Waals surface area contributed by atoms with E-state index in [-0.39, 0.29) is 28.9 Å². The molecule has 1 atom stereocenters. The molecule has 2 fully saturated rings. The molecule has 0 radical (unpaired) electrons. The molecule has 4 N–H and O–H groups in total. The molecule has 1 amide bonds. The Kier molecular flexibility index (Phi) is 9.29. The number of amides is 1. The average molecular weight is 689 g/mol. The lowest BCUT2D eigenvalue weighted by atomic mass is 9.89. The van der Waals surface area contributed by atoms with Crippen LogP contribution in [0.2, 0.25) is 0 Å². The number of nitrogens with zero attached hydrogens (tertiary/aromatic N) is 4. The minimum Gasteiger partial charge on any atom is -0.506 e. The number of imidazole rings is 1. The number of likely N-dealkylation sites (tertiary alicyclic amines) is 1. The monoisotopic (exact) mass is 688 g/mol. The number of morpholine rings is 1. The summed E-state index contributed by atoms with van der Waals surface area (Å²) in [5.41, 5.74) is 5.42. The van der Waals surface area contributed by atoms with Crippen molar-refractivity contribution in [2.75, 3.05) is 45.9 Å². The third-order valence-electron chi connectivity index (χ3n) is 9.74. The largest absolute Gasteiger partial charge is 0.506 e. The SMILES string of the molecule is Cc1ccc2nc(C)c(C(=O)N3CCOC4(CCN(Cc5cc(F)cc(CCNC[C@H](O)c6ccc(O)c7[nH]c(=O)sc67)c5)CC4)C3)n2c1. The van der Waals surface area contributed by atoms with E-state index in [1.165, 1.54) is 6.07 Å². The summed E-state index contributed by atoms with van der Waals surface area (Å²) in [7, 11) is 0. The highest BCUT2D eigenvalue weighted by Gasteiger charge is 2.41. The van der Waals surface area contributed by atoms with Crippen LogP contribution in [-0.2, 0) is 17.7 Å². The molecule has 0 aliphatic carbocycles. The van der Waals surface area contributed by atoms with E-state index < -0.39 is 11.7 Å². The molecule has 5 heterocycles. The van der Waals surface area contributed by atoms with Gasteiger partial charge in [0, 0.05) is 44.5 Å². The molecule has 0 unspecified atom stereocenters. The molecule has 3 aromatic heterocycles. The number of ether oxygens (including phenoxy) is 1. The van der Waals surface area contributed by atoms with Crippen LogP contribution in [0.3, 0.4) is 0 Å². The first-order valence-corrected chi connectivity index (χ1v) is 17.5. The van der Waals surface area contributed by atoms with Gasteiger partial charge < -0.3 is 30.2 Å². The number of halogens is 1. The van der Waals surface area contributed by atoms with Crippen molar-refractivity contribution in [3.05, 3.63) is 97.8 Å². The molecule has 258 valence electrons. The summed E-state index contributed by atoms with van der Waals surface area (Å²) in [6, 6.07) is 12.2. The second-order valence-corrected chi connectivity index (χ2v) is 14.3. The Balaban J connectivity index is 0.921. The van der Waals surface area contributed by atoms with Gasteiger partial charge in [-0.15, -0.1) is 0 Å². The number of thiazole rings is 1. The summed E-state index contributed by atoms with van der Waals surface area (Å²) in [6.07, 6.45) is 3.22.